The van der Waals surface area contributed by atoms with E-state index in [-0.39, 0.29) is 0 Å². The predicted octanol–water partition coefficient (Wildman–Crippen LogP) is 10.9. The van der Waals surface area contributed by atoms with Crippen molar-refractivity contribution in [3.05, 3.63) is 132 Å². The van der Waals surface area contributed by atoms with Crippen molar-refractivity contribution < 1.29 is 0 Å². The second-order valence-corrected chi connectivity index (χ2v) is 12.3. The van der Waals surface area contributed by atoms with Crippen molar-refractivity contribution in [2.45, 2.75) is 13.8 Å². The second kappa shape index (κ2) is 9.67. The van der Waals surface area contributed by atoms with Crippen LogP contribution in [-0.2, 0) is 0 Å². The van der Waals surface area contributed by atoms with Gasteiger partial charge in [0.1, 0.15) is 0 Å². The number of hydrogen-bond donors (Lipinski definition) is 0. The Bertz CT molecular complexity index is 1980. The zero-order valence-corrected chi connectivity index (χ0v) is 24.2. The lowest BCUT2D eigenvalue weighted by Gasteiger charge is -2.10. The number of nitrogens with zero attached hydrogens (tertiary/aromatic N) is 2. The molecule has 194 valence electrons. The predicted molar refractivity (Wildman–Crippen MR) is 176 cm³/mol. The summed E-state index contributed by atoms with van der Waals surface area (Å²) in [5.41, 5.74) is 10.6. The first-order chi connectivity index (χ1) is 19.5. The number of aromatic nitrogens is 2. The smallest absolute Gasteiger partial charge is 0.0725 e. The van der Waals surface area contributed by atoms with Crippen LogP contribution in [0, 0.1) is 13.8 Å². The Kier molecular flexibility index (Phi) is 5.96. The first kappa shape index (κ1) is 24.6. The van der Waals surface area contributed by atoms with Gasteiger partial charge in [-0.25, -0.2) is 0 Å². The molecule has 3 aromatic carbocycles. The van der Waals surface area contributed by atoms with Crippen LogP contribution in [0.3, 0.4) is 0 Å². The summed E-state index contributed by atoms with van der Waals surface area (Å²) in [5.74, 6) is 0. The molecule has 7 aromatic rings. The zero-order valence-electron chi connectivity index (χ0n) is 22.5. The molecule has 4 heteroatoms. The summed E-state index contributed by atoms with van der Waals surface area (Å²) in [6, 6.07) is 35.6. The van der Waals surface area contributed by atoms with Gasteiger partial charge in [-0.3, -0.25) is 0 Å². The third-order valence-corrected chi connectivity index (χ3v) is 9.79. The third kappa shape index (κ3) is 4.00. The van der Waals surface area contributed by atoms with Gasteiger partial charge in [0.25, 0.3) is 0 Å². The van der Waals surface area contributed by atoms with Gasteiger partial charge in [-0.05, 0) is 79.4 Å². The fourth-order valence-corrected chi connectivity index (χ4v) is 7.52. The molecule has 0 aliphatic heterocycles. The van der Waals surface area contributed by atoms with E-state index in [0.717, 1.165) is 21.8 Å². The fourth-order valence-electron chi connectivity index (χ4n) is 5.43. The second-order valence-electron chi connectivity index (χ2n) is 10.2. The first-order valence-electron chi connectivity index (χ1n) is 13.3. The quantitative estimate of drug-likeness (QED) is 0.194. The Balaban J connectivity index is 1.57. The van der Waals surface area contributed by atoms with Crippen LogP contribution >= 0.6 is 22.7 Å². The first-order valence-corrected chi connectivity index (χ1v) is 15.0. The summed E-state index contributed by atoms with van der Waals surface area (Å²) in [6.07, 6.45) is 3.85. The average molecular weight is 553 g/mol. The molecule has 0 N–H and O–H groups in total. The monoisotopic (exact) mass is 552 g/mol. The van der Waals surface area contributed by atoms with Gasteiger partial charge < -0.3 is 9.13 Å². The molecule has 0 atom stereocenters. The van der Waals surface area contributed by atoms with Gasteiger partial charge in [0.05, 0.1) is 32.2 Å². The van der Waals surface area contributed by atoms with Crippen molar-refractivity contribution in [1.29, 1.82) is 0 Å². The van der Waals surface area contributed by atoms with Gasteiger partial charge in [0.15, 0.2) is 0 Å². The summed E-state index contributed by atoms with van der Waals surface area (Å²) in [5, 5.41) is 1.28. The zero-order chi connectivity index (χ0) is 27.4. The maximum absolute atomic E-state index is 4.05. The van der Waals surface area contributed by atoms with Crippen LogP contribution in [0.4, 0.5) is 0 Å². The highest BCUT2D eigenvalue weighted by molar-refractivity contribution is 7.22. The minimum atomic E-state index is 1.11. The SMILES string of the molecule is C=Cc1cc(-c2cc3c(cc(-c4cc5ccccc5s4)n3-c3ccc(C)cc3)n2-c2ccc(C)cc2)sc1C=C. The molecule has 4 aromatic heterocycles. The van der Waals surface area contributed by atoms with Crippen molar-refractivity contribution in [1.82, 2.24) is 9.13 Å². The maximum Gasteiger partial charge on any atom is 0.0725 e. The highest BCUT2D eigenvalue weighted by Crippen LogP contribution is 2.43. The molecular weight excluding hydrogens is 525 g/mol. The topological polar surface area (TPSA) is 9.86 Å². The van der Waals surface area contributed by atoms with Crippen LogP contribution in [-0.4, -0.2) is 9.13 Å². The summed E-state index contributed by atoms with van der Waals surface area (Å²) in [4.78, 5) is 3.59. The van der Waals surface area contributed by atoms with Gasteiger partial charge in [0, 0.05) is 21.0 Å². The van der Waals surface area contributed by atoms with Crippen LogP contribution in [0.2, 0.25) is 0 Å². The minimum absolute atomic E-state index is 1.11. The van der Waals surface area contributed by atoms with E-state index in [9.17, 15) is 0 Å². The largest absolute Gasteiger partial charge is 0.307 e. The number of fused-ring (bicyclic) bond motifs is 2. The standard InChI is InChI=1S/C36H28N2S2/c1-5-25-19-35(39-33(25)6-2)31-21-29-30(37(31)27-15-11-23(3)12-16-27)22-32(38(29)28-17-13-24(4)14-18-28)36-20-26-9-7-8-10-34(26)40-36/h5-22H,1-2H2,3-4H3. The number of aryl methyl sites for hydroxylation is 2. The number of thiophene rings is 2. The van der Waals surface area contributed by atoms with Crippen LogP contribution < -0.4 is 0 Å². The van der Waals surface area contributed by atoms with Crippen molar-refractivity contribution in [3.8, 4) is 32.5 Å². The van der Waals surface area contributed by atoms with E-state index in [4.69, 9.17) is 0 Å². The van der Waals surface area contributed by atoms with E-state index in [1.54, 1.807) is 11.3 Å². The molecule has 40 heavy (non-hydrogen) atoms. The molecule has 2 nitrogen and oxygen atoms in total. The van der Waals surface area contributed by atoms with Crippen molar-refractivity contribution in [2.75, 3.05) is 0 Å². The Morgan fingerprint density at radius 1 is 0.600 bits per heavy atom. The minimum Gasteiger partial charge on any atom is -0.307 e. The van der Waals surface area contributed by atoms with E-state index in [1.807, 2.05) is 23.5 Å². The lowest BCUT2D eigenvalue weighted by Crippen LogP contribution is -1.95. The summed E-state index contributed by atoms with van der Waals surface area (Å²) >= 11 is 3.60. The van der Waals surface area contributed by atoms with Gasteiger partial charge in [0.2, 0.25) is 0 Å². The molecule has 0 saturated heterocycles. The molecule has 0 radical (unpaired) electrons. The molecule has 4 heterocycles. The van der Waals surface area contributed by atoms with Crippen molar-refractivity contribution in [3.63, 3.8) is 0 Å². The normalized spacial score (nSPS) is 11.4. The summed E-state index contributed by atoms with van der Waals surface area (Å²) < 4.78 is 6.12. The van der Waals surface area contributed by atoms with Gasteiger partial charge in [-0.2, -0.15) is 0 Å². The van der Waals surface area contributed by atoms with Crippen LogP contribution in [0.1, 0.15) is 21.6 Å². The fraction of sp³-hybridized carbons (Fsp3) is 0.0556. The average Bonchev–Trinajstić information content (AvgIpc) is 3.74. The highest BCUT2D eigenvalue weighted by atomic mass is 32.1. The Morgan fingerprint density at radius 3 is 1.65 bits per heavy atom. The molecule has 0 aliphatic rings. The van der Waals surface area contributed by atoms with E-state index in [2.05, 4.69) is 133 Å². The molecule has 0 spiro atoms. The number of benzene rings is 3. The van der Waals surface area contributed by atoms with E-state index in [1.165, 1.54) is 53.4 Å². The van der Waals surface area contributed by atoms with E-state index >= 15 is 0 Å². The molecule has 0 aliphatic carbocycles. The van der Waals surface area contributed by atoms with Crippen molar-refractivity contribution >= 4 is 55.9 Å². The molecule has 0 unspecified atom stereocenters. The lowest BCUT2D eigenvalue weighted by molar-refractivity contribution is 1.14. The molecule has 0 fully saturated rings. The van der Waals surface area contributed by atoms with Crippen LogP contribution in [0.25, 0.3) is 65.8 Å². The molecule has 0 saturated carbocycles. The van der Waals surface area contributed by atoms with Crippen LogP contribution in [0.15, 0.2) is 110 Å². The lowest BCUT2D eigenvalue weighted by atomic mass is 10.2. The van der Waals surface area contributed by atoms with E-state index in [0.29, 0.717) is 0 Å². The van der Waals surface area contributed by atoms with Gasteiger partial charge in [-0.15, -0.1) is 22.7 Å². The Morgan fingerprint density at radius 2 is 1.15 bits per heavy atom. The Hall–Kier alpha value is -4.38. The number of rotatable bonds is 6. The Labute approximate surface area is 242 Å². The molecule has 0 amide bonds. The highest BCUT2D eigenvalue weighted by Gasteiger charge is 2.23. The van der Waals surface area contributed by atoms with Crippen LogP contribution in [0.5, 0.6) is 0 Å². The summed E-state index contributed by atoms with van der Waals surface area (Å²) in [6.45, 7) is 12.4. The van der Waals surface area contributed by atoms with Gasteiger partial charge >= 0.3 is 0 Å². The molecular formula is C36H28N2S2. The van der Waals surface area contributed by atoms with Crippen molar-refractivity contribution in [2.24, 2.45) is 0 Å². The van der Waals surface area contributed by atoms with E-state index < -0.39 is 0 Å². The van der Waals surface area contributed by atoms with Gasteiger partial charge in [-0.1, -0.05) is 78.9 Å². The summed E-state index contributed by atoms with van der Waals surface area (Å²) in [7, 11) is 0. The maximum atomic E-state index is 4.05. The number of hydrogen-bond acceptors (Lipinski definition) is 2. The third-order valence-electron chi connectivity index (χ3n) is 7.48. The molecule has 0 bridgehead atoms. The molecule has 7 rings (SSSR count).